The summed E-state index contributed by atoms with van der Waals surface area (Å²) in [4.78, 5) is 27.7. The third kappa shape index (κ3) is 3.68. The lowest BCUT2D eigenvalue weighted by molar-refractivity contribution is 0.0866. The van der Waals surface area contributed by atoms with Crippen LogP contribution in [0.25, 0.3) is 5.69 Å². The van der Waals surface area contributed by atoms with Crippen molar-refractivity contribution >= 4 is 39.9 Å². The van der Waals surface area contributed by atoms with E-state index in [1.807, 2.05) is 49.1 Å². The number of rotatable bonds is 4. The molecule has 0 bridgehead atoms. The molecule has 150 valence electrons. The summed E-state index contributed by atoms with van der Waals surface area (Å²) < 4.78 is 7.70. The van der Waals surface area contributed by atoms with Gasteiger partial charge in [-0.1, -0.05) is 72.0 Å². The number of benzene rings is 2. The molecule has 0 radical (unpaired) electrons. The van der Waals surface area contributed by atoms with Gasteiger partial charge < -0.3 is 9.42 Å². The lowest BCUT2D eigenvalue weighted by atomic mass is 10.1. The Balaban J connectivity index is 1.81. The highest BCUT2D eigenvalue weighted by Crippen LogP contribution is 2.47. The second-order valence-electron chi connectivity index (χ2n) is 7.24. The van der Waals surface area contributed by atoms with E-state index >= 15 is 0 Å². The number of aromatic nitrogens is 2. The van der Waals surface area contributed by atoms with Crippen LogP contribution in [0.3, 0.4) is 0 Å². The molecule has 9 heteroatoms. The summed E-state index contributed by atoms with van der Waals surface area (Å²) in [6.45, 7) is 4.45. The third-order valence-corrected chi connectivity index (χ3v) is 6.59. The highest BCUT2D eigenvalue weighted by molar-refractivity contribution is 8.24. The van der Waals surface area contributed by atoms with Crippen molar-refractivity contribution in [3.05, 3.63) is 86.2 Å². The van der Waals surface area contributed by atoms with Crippen molar-refractivity contribution in [2.45, 2.75) is 31.3 Å². The van der Waals surface area contributed by atoms with Crippen molar-refractivity contribution in [1.29, 1.82) is 0 Å². The van der Waals surface area contributed by atoms with Crippen molar-refractivity contribution in [1.82, 2.24) is 14.2 Å². The number of thiocarbonyl (C=S) groups is 1. The Labute approximate surface area is 181 Å². The van der Waals surface area contributed by atoms with Gasteiger partial charge in [0, 0.05) is 11.6 Å². The van der Waals surface area contributed by atoms with Crippen LogP contribution in [0.1, 0.15) is 25.6 Å². The molecule has 1 fully saturated rings. The second kappa shape index (κ2) is 7.51. The van der Waals surface area contributed by atoms with Gasteiger partial charge >= 0.3 is 11.4 Å². The minimum absolute atomic E-state index is 0.357. The topological polar surface area (TPSA) is 60.4 Å². The van der Waals surface area contributed by atoms with E-state index in [-0.39, 0.29) is 0 Å². The van der Waals surface area contributed by atoms with E-state index in [4.69, 9.17) is 28.3 Å². The van der Waals surface area contributed by atoms with Gasteiger partial charge in [-0.25, -0.2) is 9.59 Å². The molecule has 29 heavy (non-hydrogen) atoms. The minimum atomic E-state index is -0.768. The number of halogens is 1. The number of hydrogen-bond acceptors (Lipinski definition) is 5. The van der Waals surface area contributed by atoms with E-state index in [1.165, 1.54) is 11.8 Å². The van der Waals surface area contributed by atoms with Crippen LogP contribution in [0, 0.1) is 0 Å². The minimum Gasteiger partial charge on any atom is -0.328 e. The molecular weight excluding hydrogens is 430 g/mol. The molecule has 6 nitrogen and oxygen atoms in total. The van der Waals surface area contributed by atoms with Crippen LogP contribution in [0.15, 0.2) is 68.7 Å². The molecule has 0 amide bonds. The highest BCUT2D eigenvalue weighted by atomic mass is 35.5. The standard InChI is InChI=1S/C20H18ClN3O3S2/c1-20(2)16(22(19(28)29-20)12-13-7-4-3-5-8-13)24-17(25)23(18(26)27-24)15-10-6-9-14(21)11-15/h3-11,16H,12H2,1-2H3/t16-/m1/s1. The normalized spacial score (nSPS) is 18.4. The summed E-state index contributed by atoms with van der Waals surface area (Å²) in [6, 6.07) is 16.3. The van der Waals surface area contributed by atoms with Gasteiger partial charge in [0.1, 0.15) is 4.32 Å². The Morgan fingerprint density at radius 3 is 2.55 bits per heavy atom. The average molecular weight is 448 g/mol. The van der Waals surface area contributed by atoms with Crippen LogP contribution in [0.4, 0.5) is 0 Å². The summed E-state index contributed by atoms with van der Waals surface area (Å²) in [6.07, 6.45) is -0.555. The van der Waals surface area contributed by atoms with E-state index < -0.39 is 22.4 Å². The van der Waals surface area contributed by atoms with Gasteiger partial charge in [0.25, 0.3) is 0 Å². The molecule has 2 aromatic carbocycles. The molecule has 0 unspecified atom stereocenters. The molecule has 1 aliphatic rings. The summed E-state index contributed by atoms with van der Waals surface area (Å²) in [5.74, 6) is -0.768. The molecule has 0 saturated carbocycles. The molecule has 0 N–H and O–H groups in total. The Morgan fingerprint density at radius 1 is 1.14 bits per heavy atom. The first-order valence-electron chi connectivity index (χ1n) is 8.92. The first-order valence-corrected chi connectivity index (χ1v) is 10.5. The Bertz CT molecular complexity index is 1180. The van der Waals surface area contributed by atoms with E-state index in [9.17, 15) is 9.59 Å². The fourth-order valence-corrected chi connectivity index (χ4v) is 5.53. The predicted octanol–water partition coefficient (Wildman–Crippen LogP) is 4.06. The summed E-state index contributed by atoms with van der Waals surface area (Å²) in [7, 11) is 0. The zero-order valence-corrected chi connectivity index (χ0v) is 18.1. The smallest absolute Gasteiger partial charge is 0.328 e. The average Bonchev–Trinajstić information content (AvgIpc) is 3.07. The first kappa shape index (κ1) is 20.0. The number of nitrogens with zero attached hydrogens (tertiary/aromatic N) is 3. The molecule has 2 heterocycles. The number of hydrogen-bond donors (Lipinski definition) is 0. The molecule has 0 aliphatic carbocycles. The van der Waals surface area contributed by atoms with Crippen LogP contribution >= 0.6 is 35.6 Å². The molecule has 1 saturated heterocycles. The summed E-state index contributed by atoms with van der Waals surface area (Å²) >= 11 is 13.1. The summed E-state index contributed by atoms with van der Waals surface area (Å²) in [5.41, 5.74) is 0.831. The van der Waals surface area contributed by atoms with Crippen molar-refractivity contribution in [2.24, 2.45) is 0 Å². The summed E-state index contributed by atoms with van der Waals surface area (Å²) in [5, 5.41) is 0.421. The van der Waals surface area contributed by atoms with E-state index in [0.29, 0.717) is 21.6 Å². The molecule has 3 aromatic rings. The van der Waals surface area contributed by atoms with Gasteiger partial charge in [-0.3, -0.25) is 0 Å². The lowest BCUT2D eigenvalue weighted by Gasteiger charge is -2.30. The zero-order chi connectivity index (χ0) is 20.8. The highest BCUT2D eigenvalue weighted by Gasteiger charge is 2.48. The van der Waals surface area contributed by atoms with E-state index in [1.54, 1.807) is 24.3 Å². The van der Waals surface area contributed by atoms with E-state index in [2.05, 4.69) is 0 Å². The first-order chi connectivity index (χ1) is 13.8. The fourth-order valence-electron chi connectivity index (χ4n) is 3.48. The maximum Gasteiger partial charge on any atom is 0.447 e. The van der Waals surface area contributed by atoms with Gasteiger partial charge in [0.15, 0.2) is 6.17 Å². The molecular formula is C20H18ClN3O3S2. The lowest BCUT2D eigenvalue weighted by Crippen LogP contribution is -2.42. The Morgan fingerprint density at radius 2 is 1.86 bits per heavy atom. The molecule has 4 rings (SSSR count). The van der Waals surface area contributed by atoms with Crippen molar-refractivity contribution in [3.8, 4) is 5.69 Å². The maximum absolute atomic E-state index is 13.2. The monoisotopic (exact) mass is 447 g/mol. The third-order valence-electron chi connectivity index (χ3n) is 4.73. The Kier molecular flexibility index (Phi) is 5.18. The molecule has 1 atom stereocenters. The molecule has 1 aromatic heterocycles. The van der Waals surface area contributed by atoms with Crippen LogP contribution in [-0.4, -0.2) is 23.3 Å². The van der Waals surface area contributed by atoms with Crippen molar-refractivity contribution in [3.63, 3.8) is 0 Å². The van der Waals surface area contributed by atoms with Crippen LogP contribution in [0.2, 0.25) is 5.02 Å². The van der Waals surface area contributed by atoms with Crippen LogP contribution < -0.4 is 11.4 Å². The van der Waals surface area contributed by atoms with Crippen molar-refractivity contribution in [2.75, 3.05) is 0 Å². The fraction of sp³-hybridized carbons (Fsp3) is 0.250. The van der Waals surface area contributed by atoms with Gasteiger partial charge in [-0.05, 0) is 37.6 Å². The molecule has 0 spiro atoms. The van der Waals surface area contributed by atoms with Gasteiger partial charge in [0.05, 0.1) is 10.4 Å². The maximum atomic E-state index is 13.2. The zero-order valence-electron chi connectivity index (χ0n) is 15.7. The largest absolute Gasteiger partial charge is 0.447 e. The van der Waals surface area contributed by atoms with Gasteiger partial charge in [-0.15, -0.1) is 4.74 Å². The quantitative estimate of drug-likeness (QED) is 0.562. The molecule has 1 aliphatic heterocycles. The Hall–Kier alpha value is -2.29. The van der Waals surface area contributed by atoms with E-state index in [0.717, 1.165) is 14.9 Å². The second-order valence-corrected chi connectivity index (χ2v) is 9.96. The van der Waals surface area contributed by atoms with Gasteiger partial charge in [-0.2, -0.15) is 4.57 Å². The predicted molar refractivity (Wildman–Crippen MR) is 119 cm³/mol. The van der Waals surface area contributed by atoms with Crippen LogP contribution in [-0.2, 0) is 6.54 Å². The van der Waals surface area contributed by atoms with Crippen LogP contribution in [0.5, 0.6) is 0 Å². The SMILES string of the molecule is CC1(C)SC(=S)N(Cc2ccccc2)[C@@H]1n1oc(=O)n(-c2cccc(Cl)c2)c1=O. The number of thioether (sulfide) groups is 1. The van der Waals surface area contributed by atoms with Gasteiger partial charge in [0.2, 0.25) is 0 Å². The van der Waals surface area contributed by atoms with Crippen molar-refractivity contribution < 1.29 is 4.52 Å².